The van der Waals surface area contributed by atoms with Gasteiger partial charge < -0.3 is 10.1 Å². The minimum absolute atomic E-state index is 0.409. The highest BCUT2D eigenvalue weighted by Crippen LogP contribution is 2.27. The largest absolute Gasteiger partial charge is 0.493 e. The molecule has 0 saturated heterocycles. The van der Waals surface area contributed by atoms with Crippen molar-refractivity contribution in [2.24, 2.45) is 0 Å². The first-order chi connectivity index (χ1) is 8.86. The minimum Gasteiger partial charge on any atom is -0.493 e. The second kappa shape index (κ2) is 4.69. The van der Waals surface area contributed by atoms with Crippen LogP contribution in [0.25, 0.3) is 0 Å². The highest BCUT2D eigenvalue weighted by Gasteiger charge is 2.21. The Kier molecular flexibility index (Phi) is 2.89. The molecule has 1 aliphatic rings. The summed E-state index contributed by atoms with van der Waals surface area (Å²) in [6.45, 7) is 0. The first kappa shape index (κ1) is 11.1. The van der Waals surface area contributed by atoms with Gasteiger partial charge in [0.1, 0.15) is 0 Å². The van der Waals surface area contributed by atoms with Crippen molar-refractivity contribution >= 4 is 5.82 Å². The number of nitrogens with one attached hydrogen (secondary N) is 1. The SMILES string of the molecule is COc1cccnc1NC1Cc2ccccc2C1. The summed E-state index contributed by atoms with van der Waals surface area (Å²) in [6, 6.07) is 12.8. The average molecular weight is 240 g/mol. The van der Waals surface area contributed by atoms with Crippen molar-refractivity contribution in [3.8, 4) is 5.75 Å². The fourth-order valence-corrected chi connectivity index (χ4v) is 2.52. The molecule has 0 fully saturated rings. The van der Waals surface area contributed by atoms with Gasteiger partial charge in [0.2, 0.25) is 0 Å². The molecule has 3 rings (SSSR count). The molecule has 0 unspecified atom stereocenters. The second-order valence-electron chi connectivity index (χ2n) is 4.57. The van der Waals surface area contributed by atoms with E-state index >= 15 is 0 Å². The Labute approximate surface area is 107 Å². The lowest BCUT2D eigenvalue weighted by molar-refractivity contribution is 0.414. The molecule has 0 amide bonds. The highest BCUT2D eigenvalue weighted by molar-refractivity contribution is 5.51. The van der Waals surface area contributed by atoms with Crippen molar-refractivity contribution in [1.82, 2.24) is 4.98 Å². The van der Waals surface area contributed by atoms with Gasteiger partial charge >= 0.3 is 0 Å². The number of rotatable bonds is 3. The van der Waals surface area contributed by atoms with Crippen LogP contribution in [0.1, 0.15) is 11.1 Å². The van der Waals surface area contributed by atoms with Crippen LogP contribution in [0.3, 0.4) is 0 Å². The topological polar surface area (TPSA) is 34.1 Å². The van der Waals surface area contributed by atoms with E-state index in [1.807, 2.05) is 12.1 Å². The molecular weight excluding hydrogens is 224 g/mol. The Morgan fingerprint density at radius 3 is 2.50 bits per heavy atom. The van der Waals surface area contributed by atoms with E-state index in [-0.39, 0.29) is 0 Å². The number of nitrogens with zero attached hydrogens (tertiary/aromatic N) is 1. The van der Waals surface area contributed by atoms with E-state index in [2.05, 4.69) is 34.6 Å². The van der Waals surface area contributed by atoms with Crippen molar-refractivity contribution in [2.75, 3.05) is 12.4 Å². The molecular formula is C15H16N2O. The lowest BCUT2D eigenvalue weighted by atomic mass is 10.1. The van der Waals surface area contributed by atoms with Crippen molar-refractivity contribution in [2.45, 2.75) is 18.9 Å². The molecule has 1 aromatic heterocycles. The third kappa shape index (κ3) is 2.04. The summed E-state index contributed by atoms with van der Waals surface area (Å²) in [5.74, 6) is 1.63. The van der Waals surface area contributed by atoms with E-state index < -0.39 is 0 Å². The Hall–Kier alpha value is -2.03. The van der Waals surface area contributed by atoms with Gasteiger partial charge in [-0.25, -0.2) is 4.98 Å². The number of hydrogen-bond acceptors (Lipinski definition) is 3. The van der Waals surface area contributed by atoms with Gasteiger partial charge in [-0.2, -0.15) is 0 Å². The highest BCUT2D eigenvalue weighted by atomic mass is 16.5. The number of methoxy groups -OCH3 is 1. The monoisotopic (exact) mass is 240 g/mol. The molecule has 0 radical (unpaired) electrons. The maximum absolute atomic E-state index is 5.31. The van der Waals surface area contributed by atoms with Gasteiger partial charge in [-0.1, -0.05) is 24.3 Å². The van der Waals surface area contributed by atoms with Crippen LogP contribution in [0.2, 0.25) is 0 Å². The number of anilines is 1. The normalized spacial score (nSPS) is 14.3. The van der Waals surface area contributed by atoms with Crippen molar-refractivity contribution in [3.05, 3.63) is 53.7 Å². The zero-order valence-electron chi connectivity index (χ0n) is 10.4. The Balaban J connectivity index is 1.76. The summed E-state index contributed by atoms with van der Waals surface area (Å²) >= 11 is 0. The molecule has 1 heterocycles. The molecule has 18 heavy (non-hydrogen) atoms. The summed E-state index contributed by atoms with van der Waals surface area (Å²) in [7, 11) is 1.67. The quantitative estimate of drug-likeness (QED) is 0.895. The van der Waals surface area contributed by atoms with Gasteiger partial charge in [-0.05, 0) is 36.1 Å². The van der Waals surface area contributed by atoms with Crippen LogP contribution in [0.4, 0.5) is 5.82 Å². The lowest BCUT2D eigenvalue weighted by Crippen LogP contribution is -2.20. The molecule has 92 valence electrons. The van der Waals surface area contributed by atoms with Crippen LogP contribution in [-0.2, 0) is 12.8 Å². The Bertz CT molecular complexity index is 529. The molecule has 2 aromatic rings. The van der Waals surface area contributed by atoms with Gasteiger partial charge in [0.05, 0.1) is 7.11 Å². The molecule has 0 atom stereocenters. The van der Waals surface area contributed by atoms with Crippen molar-refractivity contribution in [1.29, 1.82) is 0 Å². The number of benzene rings is 1. The van der Waals surface area contributed by atoms with Gasteiger partial charge in [-0.15, -0.1) is 0 Å². The Morgan fingerprint density at radius 1 is 1.11 bits per heavy atom. The zero-order chi connectivity index (χ0) is 12.4. The van der Waals surface area contributed by atoms with Crippen molar-refractivity contribution < 1.29 is 4.74 Å². The number of aromatic nitrogens is 1. The van der Waals surface area contributed by atoms with Gasteiger partial charge in [0, 0.05) is 12.2 Å². The van der Waals surface area contributed by atoms with Crippen LogP contribution in [0.5, 0.6) is 5.75 Å². The lowest BCUT2D eigenvalue weighted by Gasteiger charge is -2.14. The summed E-state index contributed by atoms with van der Waals surface area (Å²) in [6.07, 6.45) is 3.89. The molecule has 0 bridgehead atoms. The fraction of sp³-hybridized carbons (Fsp3) is 0.267. The first-order valence-electron chi connectivity index (χ1n) is 6.19. The maximum atomic E-state index is 5.31. The summed E-state index contributed by atoms with van der Waals surface area (Å²) in [5, 5.41) is 3.47. The van der Waals surface area contributed by atoms with E-state index in [0.717, 1.165) is 24.4 Å². The third-order valence-corrected chi connectivity index (χ3v) is 3.38. The zero-order valence-corrected chi connectivity index (χ0v) is 10.4. The summed E-state index contributed by atoms with van der Waals surface area (Å²) < 4.78 is 5.31. The van der Waals surface area contributed by atoms with Gasteiger partial charge in [0.25, 0.3) is 0 Å². The van der Waals surface area contributed by atoms with E-state index in [0.29, 0.717) is 6.04 Å². The molecule has 0 spiro atoms. The van der Waals surface area contributed by atoms with E-state index in [9.17, 15) is 0 Å². The van der Waals surface area contributed by atoms with Crippen LogP contribution < -0.4 is 10.1 Å². The van der Waals surface area contributed by atoms with Crippen molar-refractivity contribution in [3.63, 3.8) is 0 Å². The standard InChI is InChI=1S/C15H16N2O/c1-18-14-7-4-8-16-15(14)17-13-9-11-5-2-3-6-12(11)10-13/h2-8,13H,9-10H2,1H3,(H,16,17). The predicted molar refractivity (Wildman–Crippen MR) is 72.0 cm³/mol. The van der Waals surface area contributed by atoms with Gasteiger partial charge in [0.15, 0.2) is 11.6 Å². The van der Waals surface area contributed by atoms with Crippen LogP contribution in [-0.4, -0.2) is 18.1 Å². The molecule has 0 saturated carbocycles. The van der Waals surface area contributed by atoms with Crippen LogP contribution in [0, 0.1) is 0 Å². The molecule has 1 aliphatic carbocycles. The molecule has 1 aromatic carbocycles. The minimum atomic E-state index is 0.409. The third-order valence-electron chi connectivity index (χ3n) is 3.38. The second-order valence-corrected chi connectivity index (χ2v) is 4.57. The van der Waals surface area contributed by atoms with E-state index in [1.165, 1.54) is 11.1 Å². The number of ether oxygens (including phenoxy) is 1. The molecule has 0 aliphatic heterocycles. The maximum Gasteiger partial charge on any atom is 0.168 e. The number of hydrogen-bond donors (Lipinski definition) is 1. The fourth-order valence-electron chi connectivity index (χ4n) is 2.52. The molecule has 3 nitrogen and oxygen atoms in total. The summed E-state index contributed by atoms with van der Waals surface area (Å²) in [5.41, 5.74) is 2.87. The smallest absolute Gasteiger partial charge is 0.168 e. The van der Waals surface area contributed by atoms with E-state index in [1.54, 1.807) is 13.3 Å². The Morgan fingerprint density at radius 2 is 1.83 bits per heavy atom. The molecule has 3 heteroatoms. The number of pyridine rings is 1. The predicted octanol–water partition coefficient (Wildman–Crippen LogP) is 2.67. The van der Waals surface area contributed by atoms with Gasteiger partial charge in [-0.3, -0.25) is 0 Å². The van der Waals surface area contributed by atoms with E-state index in [4.69, 9.17) is 4.74 Å². The summed E-state index contributed by atoms with van der Waals surface area (Å²) in [4.78, 5) is 4.34. The van der Waals surface area contributed by atoms with Crippen LogP contribution >= 0.6 is 0 Å². The molecule has 1 N–H and O–H groups in total. The number of fused-ring (bicyclic) bond motifs is 1. The first-order valence-corrected chi connectivity index (χ1v) is 6.19. The van der Waals surface area contributed by atoms with Crippen LogP contribution in [0.15, 0.2) is 42.6 Å². The average Bonchev–Trinajstić information content (AvgIpc) is 2.81.